The quantitative estimate of drug-likeness (QED) is 0.297. The highest BCUT2D eigenvalue weighted by Gasteiger charge is 2.24. The third-order valence-electron chi connectivity index (χ3n) is 4.41. The average molecular weight is 412 g/mol. The molecule has 0 spiro atoms. The van der Waals surface area contributed by atoms with Crippen molar-refractivity contribution in [1.29, 1.82) is 0 Å². The van der Waals surface area contributed by atoms with Gasteiger partial charge in [0.05, 0.1) is 16.6 Å². The summed E-state index contributed by atoms with van der Waals surface area (Å²) in [6.45, 7) is 3.67. The van der Waals surface area contributed by atoms with Crippen LogP contribution in [0.25, 0.3) is 6.08 Å². The lowest BCUT2D eigenvalue weighted by Crippen LogP contribution is -2.39. The molecule has 9 nitrogen and oxygen atoms in total. The third kappa shape index (κ3) is 4.57. The monoisotopic (exact) mass is 412 g/mol. The minimum Gasteiger partial charge on any atom is -0.454 e. The van der Waals surface area contributed by atoms with Crippen molar-refractivity contribution in [3.8, 4) is 11.5 Å². The molecule has 1 heterocycles. The van der Waals surface area contributed by atoms with E-state index >= 15 is 0 Å². The van der Waals surface area contributed by atoms with Crippen molar-refractivity contribution in [2.75, 3.05) is 18.2 Å². The van der Waals surface area contributed by atoms with E-state index in [2.05, 4.69) is 0 Å². The second-order valence-electron chi connectivity index (χ2n) is 6.35. The summed E-state index contributed by atoms with van der Waals surface area (Å²) in [4.78, 5) is 37.1. The Balaban J connectivity index is 1.70. The molecule has 1 aliphatic heterocycles. The number of para-hydroxylation sites is 1. The first kappa shape index (κ1) is 20.8. The van der Waals surface area contributed by atoms with Crippen LogP contribution in [0.1, 0.15) is 19.4 Å². The number of fused-ring (bicyclic) bond motifs is 1. The van der Waals surface area contributed by atoms with Gasteiger partial charge in [0.15, 0.2) is 17.6 Å². The van der Waals surface area contributed by atoms with E-state index < -0.39 is 17.0 Å². The van der Waals surface area contributed by atoms with Crippen LogP contribution in [-0.4, -0.2) is 36.2 Å². The molecule has 9 heteroatoms. The molecule has 0 aromatic heterocycles. The van der Waals surface area contributed by atoms with E-state index in [1.807, 2.05) is 25.1 Å². The summed E-state index contributed by atoms with van der Waals surface area (Å²) in [5, 5.41) is 11.3. The molecule has 156 valence electrons. The molecule has 0 bridgehead atoms. The van der Waals surface area contributed by atoms with Gasteiger partial charge in [0, 0.05) is 18.3 Å². The summed E-state index contributed by atoms with van der Waals surface area (Å²) >= 11 is 0. The van der Waals surface area contributed by atoms with Crippen molar-refractivity contribution < 1.29 is 28.7 Å². The topological polar surface area (TPSA) is 108 Å². The van der Waals surface area contributed by atoms with Gasteiger partial charge in [-0.2, -0.15) is 0 Å². The number of nitro benzene ring substituents is 1. The van der Waals surface area contributed by atoms with Crippen LogP contribution in [0.2, 0.25) is 0 Å². The van der Waals surface area contributed by atoms with Crippen molar-refractivity contribution in [1.82, 2.24) is 0 Å². The number of amides is 1. The van der Waals surface area contributed by atoms with Gasteiger partial charge in [0.2, 0.25) is 6.79 Å². The minimum atomic E-state index is -1.03. The van der Waals surface area contributed by atoms with Gasteiger partial charge >= 0.3 is 5.97 Å². The largest absolute Gasteiger partial charge is 0.454 e. The second kappa shape index (κ2) is 9.08. The number of esters is 1. The van der Waals surface area contributed by atoms with Crippen LogP contribution in [0, 0.1) is 10.1 Å². The molecular weight excluding hydrogens is 392 g/mol. The lowest BCUT2D eigenvalue weighted by molar-refractivity contribution is -0.385. The Labute approximate surface area is 172 Å². The van der Waals surface area contributed by atoms with Crippen LogP contribution < -0.4 is 14.4 Å². The van der Waals surface area contributed by atoms with Gasteiger partial charge in [-0.25, -0.2) is 4.79 Å². The van der Waals surface area contributed by atoms with Gasteiger partial charge in [0.1, 0.15) is 0 Å². The highest BCUT2D eigenvalue weighted by atomic mass is 16.7. The number of anilines is 1. The van der Waals surface area contributed by atoms with Crippen LogP contribution in [0.15, 0.2) is 48.5 Å². The highest BCUT2D eigenvalue weighted by Crippen LogP contribution is 2.38. The van der Waals surface area contributed by atoms with E-state index in [4.69, 9.17) is 14.2 Å². The maximum absolute atomic E-state index is 12.7. The van der Waals surface area contributed by atoms with Crippen molar-refractivity contribution in [2.45, 2.75) is 20.0 Å². The number of rotatable bonds is 7. The molecule has 2 aromatic rings. The molecular formula is C21H20N2O7. The van der Waals surface area contributed by atoms with E-state index in [0.29, 0.717) is 18.0 Å². The predicted molar refractivity (Wildman–Crippen MR) is 108 cm³/mol. The standard InChI is InChI=1S/C21H20N2O7/c1-3-22(16-7-5-4-6-8-16)21(25)14(2)30-20(24)10-9-15-11-18-19(29-13-28-18)12-17(15)23(26)27/h4-12,14H,3,13H2,1-2H3/b10-9+/t14-/m0/s1. The number of carbonyl (C=O) groups excluding carboxylic acids is 2. The number of nitrogens with zero attached hydrogens (tertiary/aromatic N) is 2. The van der Waals surface area contributed by atoms with E-state index in [1.165, 1.54) is 30.0 Å². The smallest absolute Gasteiger partial charge is 0.331 e. The summed E-state index contributed by atoms with van der Waals surface area (Å²) in [6.07, 6.45) is 1.25. The molecule has 0 fully saturated rings. The molecule has 1 amide bonds. The van der Waals surface area contributed by atoms with Crippen LogP contribution in [0.3, 0.4) is 0 Å². The molecule has 0 radical (unpaired) electrons. The Morgan fingerprint density at radius 2 is 1.90 bits per heavy atom. The number of likely N-dealkylation sites (N-methyl/N-ethyl adjacent to an activating group) is 1. The van der Waals surface area contributed by atoms with Crippen LogP contribution in [0.4, 0.5) is 11.4 Å². The maximum Gasteiger partial charge on any atom is 0.331 e. The van der Waals surface area contributed by atoms with Gasteiger partial charge in [0.25, 0.3) is 11.6 Å². The van der Waals surface area contributed by atoms with E-state index in [0.717, 1.165) is 6.08 Å². The molecule has 0 unspecified atom stereocenters. The van der Waals surface area contributed by atoms with Gasteiger partial charge in [-0.1, -0.05) is 18.2 Å². The lowest BCUT2D eigenvalue weighted by Gasteiger charge is -2.24. The summed E-state index contributed by atoms with van der Waals surface area (Å²) in [7, 11) is 0. The zero-order valence-electron chi connectivity index (χ0n) is 16.4. The maximum atomic E-state index is 12.7. The zero-order valence-corrected chi connectivity index (χ0v) is 16.4. The highest BCUT2D eigenvalue weighted by molar-refractivity contribution is 5.98. The zero-order chi connectivity index (χ0) is 21.7. The van der Waals surface area contributed by atoms with E-state index in [-0.39, 0.29) is 29.7 Å². The molecule has 30 heavy (non-hydrogen) atoms. The first-order chi connectivity index (χ1) is 14.4. The van der Waals surface area contributed by atoms with Crippen LogP contribution >= 0.6 is 0 Å². The van der Waals surface area contributed by atoms with Gasteiger partial charge in [-0.3, -0.25) is 14.9 Å². The van der Waals surface area contributed by atoms with Gasteiger partial charge in [-0.05, 0) is 38.1 Å². The average Bonchev–Trinajstić information content (AvgIpc) is 3.20. The number of ether oxygens (including phenoxy) is 3. The summed E-state index contributed by atoms with van der Waals surface area (Å²) in [5.74, 6) is -0.564. The Bertz CT molecular complexity index is 988. The molecule has 1 atom stereocenters. The van der Waals surface area contributed by atoms with Crippen molar-refractivity contribution in [2.24, 2.45) is 0 Å². The fourth-order valence-corrected chi connectivity index (χ4v) is 2.95. The van der Waals surface area contributed by atoms with Crippen LogP contribution in [-0.2, 0) is 14.3 Å². The Morgan fingerprint density at radius 1 is 1.23 bits per heavy atom. The first-order valence-corrected chi connectivity index (χ1v) is 9.24. The molecule has 0 N–H and O–H groups in total. The van der Waals surface area contributed by atoms with Crippen molar-refractivity contribution in [3.05, 3.63) is 64.2 Å². The van der Waals surface area contributed by atoms with Crippen molar-refractivity contribution in [3.63, 3.8) is 0 Å². The number of benzene rings is 2. The molecule has 0 saturated heterocycles. The second-order valence-corrected chi connectivity index (χ2v) is 6.35. The summed E-state index contributed by atoms with van der Waals surface area (Å²) in [6, 6.07) is 11.7. The molecule has 0 aliphatic carbocycles. The molecule has 3 rings (SSSR count). The Hall–Kier alpha value is -3.88. The van der Waals surface area contributed by atoms with E-state index in [9.17, 15) is 19.7 Å². The fraction of sp³-hybridized carbons (Fsp3) is 0.238. The van der Waals surface area contributed by atoms with Crippen molar-refractivity contribution >= 4 is 29.3 Å². The Kier molecular flexibility index (Phi) is 6.31. The number of carbonyl (C=O) groups is 2. The minimum absolute atomic E-state index is 0.0311. The van der Waals surface area contributed by atoms with Gasteiger partial charge in [-0.15, -0.1) is 0 Å². The Morgan fingerprint density at radius 3 is 2.53 bits per heavy atom. The summed E-state index contributed by atoms with van der Waals surface area (Å²) < 4.78 is 15.5. The first-order valence-electron chi connectivity index (χ1n) is 9.24. The third-order valence-corrected chi connectivity index (χ3v) is 4.41. The number of nitro groups is 1. The lowest BCUT2D eigenvalue weighted by atomic mass is 10.1. The molecule has 0 saturated carbocycles. The molecule has 1 aliphatic rings. The predicted octanol–water partition coefficient (Wildman–Crippen LogP) is 3.32. The molecule has 2 aromatic carbocycles. The van der Waals surface area contributed by atoms with Gasteiger partial charge < -0.3 is 19.1 Å². The normalized spacial score (nSPS) is 13.1. The fourth-order valence-electron chi connectivity index (χ4n) is 2.95. The number of hydrogen-bond acceptors (Lipinski definition) is 7. The van der Waals surface area contributed by atoms with Crippen LogP contribution in [0.5, 0.6) is 11.5 Å². The SMILES string of the molecule is CCN(C(=O)[C@H](C)OC(=O)/C=C/c1cc2c(cc1[N+](=O)[O-])OCO2)c1ccccc1. The van der Waals surface area contributed by atoms with E-state index in [1.54, 1.807) is 12.1 Å². The summed E-state index contributed by atoms with van der Waals surface area (Å²) in [5.41, 5.74) is 0.604. The number of hydrogen-bond donors (Lipinski definition) is 0.